The number of hydrogen-bond acceptors (Lipinski definition) is 2. The molecule has 0 radical (unpaired) electrons. The smallest absolute Gasteiger partial charge is 0.215 e. The van der Waals surface area contributed by atoms with E-state index in [1.165, 1.54) is 11.1 Å². The van der Waals surface area contributed by atoms with Crippen molar-refractivity contribution in [1.29, 1.82) is 0 Å². The fourth-order valence-electron chi connectivity index (χ4n) is 1.51. The van der Waals surface area contributed by atoms with Gasteiger partial charge in [-0.1, -0.05) is 19.1 Å². The van der Waals surface area contributed by atoms with Crippen LogP contribution in [-0.4, -0.2) is 20.1 Å². The minimum atomic E-state index is 0.699. The topological polar surface area (TPSA) is 21.6 Å². The van der Waals surface area contributed by atoms with Gasteiger partial charge in [0.2, 0.25) is 5.90 Å². The molecule has 0 aliphatic heterocycles. The van der Waals surface area contributed by atoms with Crippen LogP contribution < -0.4 is 0 Å². The van der Waals surface area contributed by atoms with Crippen LogP contribution in [0.1, 0.15) is 23.6 Å². The van der Waals surface area contributed by atoms with Gasteiger partial charge in [-0.05, 0) is 30.5 Å². The van der Waals surface area contributed by atoms with Crippen LogP contribution >= 0.6 is 0 Å². The van der Waals surface area contributed by atoms with Gasteiger partial charge in [0.25, 0.3) is 0 Å². The van der Waals surface area contributed by atoms with Crippen LogP contribution in [0.25, 0.3) is 0 Å². The molecule has 0 spiro atoms. The van der Waals surface area contributed by atoms with Crippen molar-refractivity contribution in [2.75, 3.05) is 14.2 Å². The van der Waals surface area contributed by atoms with E-state index in [0.717, 1.165) is 12.0 Å². The van der Waals surface area contributed by atoms with Crippen LogP contribution in [0.5, 0.6) is 0 Å². The van der Waals surface area contributed by atoms with Crippen LogP contribution in [0, 0.1) is 6.92 Å². The Kier molecular flexibility index (Phi) is 3.69. The van der Waals surface area contributed by atoms with E-state index >= 15 is 0 Å². The highest BCUT2D eigenvalue weighted by Crippen LogP contribution is 2.13. The van der Waals surface area contributed by atoms with Gasteiger partial charge >= 0.3 is 0 Å². The quantitative estimate of drug-likeness (QED) is 0.520. The highest BCUT2D eigenvalue weighted by Gasteiger charge is 2.05. The number of aliphatic imine (C=N–C) groups is 1. The molecule has 0 amide bonds. The second kappa shape index (κ2) is 4.80. The van der Waals surface area contributed by atoms with E-state index in [4.69, 9.17) is 4.74 Å². The lowest BCUT2D eigenvalue weighted by molar-refractivity contribution is 0.404. The van der Waals surface area contributed by atoms with E-state index in [1.807, 2.05) is 0 Å². The number of rotatable bonds is 2. The first kappa shape index (κ1) is 10.8. The van der Waals surface area contributed by atoms with Crippen molar-refractivity contribution in [2.45, 2.75) is 20.3 Å². The Morgan fingerprint density at radius 1 is 1.43 bits per heavy atom. The molecule has 2 heteroatoms. The molecule has 0 saturated carbocycles. The Labute approximate surface area is 85.6 Å². The third-order valence-corrected chi connectivity index (χ3v) is 2.33. The van der Waals surface area contributed by atoms with Gasteiger partial charge < -0.3 is 4.74 Å². The highest BCUT2D eigenvalue weighted by molar-refractivity contribution is 5.95. The molecule has 0 fully saturated rings. The van der Waals surface area contributed by atoms with Crippen LogP contribution in [0.2, 0.25) is 0 Å². The summed E-state index contributed by atoms with van der Waals surface area (Å²) in [4.78, 5) is 4.09. The summed E-state index contributed by atoms with van der Waals surface area (Å²) in [7, 11) is 3.39. The number of ether oxygens (including phenoxy) is 1. The third kappa shape index (κ3) is 2.13. The molecule has 2 nitrogen and oxygen atoms in total. The SMILES string of the molecule is CCc1ccc(C(=NC)OC)c(C)c1. The molecule has 76 valence electrons. The Morgan fingerprint density at radius 3 is 2.57 bits per heavy atom. The third-order valence-electron chi connectivity index (χ3n) is 2.33. The number of benzene rings is 1. The van der Waals surface area contributed by atoms with Gasteiger partial charge in [0.1, 0.15) is 0 Å². The molecule has 0 aliphatic carbocycles. The lowest BCUT2D eigenvalue weighted by atomic mass is 10.0. The molecule has 0 bridgehead atoms. The predicted molar refractivity (Wildman–Crippen MR) is 60.0 cm³/mol. The standard InChI is InChI=1S/C12H17NO/c1-5-10-6-7-11(9(2)8-10)12(13-3)14-4/h6-8H,5H2,1-4H3. The zero-order valence-corrected chi connectivity index (χ0v) is 9.29. The Bertz CT molecular complexity index is 342. The number of nitrogens with zero attached hydrogens (tertiary/aromatic N) is 1. The summed E-state index contributed by atoms with van der Waals surface area (Å²) in [5, 5.41) is 0. The zero-order chi connectivity index (χ0) is 10.6. The first-order valence-electron chi connectivity index (χ1n) is 4.83. The number of hydrogen-bond donors (Lipinski definition) is 0. The van der Waals surface area contributed by atoms with Gasteiger partial charge in [-0.25, -0.2) is 0 Å². The van der Waals surface area contributed by atoms with E-state index in [2.05, 4.69) is 37.0 Å². The molecule has 0 atom stereocenters. The monoisotopic (exact) mass is 191 g/mol. The molecule has 1 aromatic rings. The van der Waals surface area contributed by atoms with Crippen molar-refractivity contribution in [2.24, 2.45) is 4.99 Å². The van der Waals surface area contributed by atoms with Crippen LogP contribution in [0.3, 0.4) is 0 Å². The summed E-state index contributed by atoms with van der Waals surface area (Å²) in [6.07, 6.45) is 1.06. The average Bonchev–Trinajstić information content (AvgIpc) is 2.22. The van der Waals surface area contributed by atoms with E-state index in [9.17, 15) is 0 Å². The second-order valence-electron chi connectivity index (χ2n) is 3.24. The van der Waals surface area contributed by atoms with Crippen LogP contribution in [0.4, 0.5) is 0 Å². The summed E-state index contributed by atoms with van der Waals surface area (Å²) in [5.41, 5.74) is 3.64. The summed E-state index contributed by atoms with van der Waals surface area (Å²) < 4.78 is 5.19. The van der Waals surface area contributed by atoms with Crippen molar-refractivity contribution in [3.63, 3.8) is 0 Å². The van der Waals surface area contributed by atoms with Gasteiger partial charge in [-0.2, -0.15) is 0 Å². The minimum Gasteiger partial charge on any atom is -0.481 e. The van der Waals surface area contributed by atoms with E-state index in [1.54, 1.807) is 14.2 Å². The van der Waals surface area contributed by atoms with Gasteiger partial charge in [0.15, 0.2) is 0 Å². The maximum atomic E-state index is 5.19. The van der Waals surface area contributed by atoms with Crippen LogP contribution in [-0.2, 0) is 11.2 Å². The molecule has 1 rings (SSSR count). The Balaban J connectivity index is 3.11. The summed E-state index contributed by atoms with van der Waals surface area (Å²) in [6, 6.07) is 6.37. The minimum absolute atomic E-state index is 0.699. The van der Waals surface area contributed by atoms with Gasteiger partial charge in [0.05, 0.1) is 7.11 Å². The van der Waals surface area contributed by atoms with Crippen molar-refractivity contribution in [3.05, 3.63) is 34.9 Å². The first-order valence-corrected chi connectivity index (χ1v) is 4.83. The van der Waals surface area contributed by atoms with Crippen molar-refractivity contribution in [1.82, 2.24) is 0 Å². The average molecular weight is 191 g/mol. The summed E-state index contributed by atoms with van der Waals surface area (Å²) >= 11 is 0. The van der Waals surface area contributed by atoms with Gasteiger partial charge in [-0.15, -0.1) is 0 Å². The lowest BCUT2D eigenvalue weighted by Crippen LogP contribution is -2.05. The molecule has 0 aliphatic rings. The van der Waals surface area contributed by atoms with Gasteiger partial charge in [0, 0.05) is 12.6 Å². The number of aryl methyl sites for hydroxylation is 2. The zero-order valence-electron chi connectivity index (χ0n) is 9.29. The maximum Gasteiger partial charge on any atom is 0.215 e. The molecular formula is C12H17NO. The van der Waals surface area contributed by atoms with Crippen molar-refractivity contribution in [3.8, 4) is 0 Å². The van der Waals surface area contributed by atoms with Crippen molar-refractivity contribution >= 4 is 5.90 Å². The van der Waals surface area contributed by atoms with Crippen LogP contribution in [0.15, 0.2) is 23.2 Å². The fraction of sp³-hybridized carbons (Fsp3) is 0.417. The molecule has 1 aromatic carbocycles. The predicted octanol–water partition coefficient (Wildman–Crippen LogP) is 2.58. The molecule has 0 saturated heterocycles. The number of methoxy groups -OCH3 is 1. The molecule has 0 unspecified atom stereocenters. The maximum absolute atomic E-state index is 5.19. The Morgan fingerprint density at radius 2 is 2.14 bits per heavy atom. The largest absolute Gasteiger partial charge is 0.481 e. The summed E-state index contributed by atoms with van der Waals surface area (Å²) in [6.45, 7) is 4.23. The first-order chi connectivity index (χ1) is 6.72. The summed E-state index contributed by atoms with van der Waals surface area (Å²) in [5.74, 6) is 0.699. The van der Waals surface area contributed by atoms with E-state index in [0.29, 0.717) is 5.90 Å². The highest BCUT2D eigenvalue weighted by atomic mass is 16.5. The van der Waals surface area contributed by atoms with E-state index in [-0.39, 0.29) is 0 Å². The van der Waals surface area contributed by atoms with E-state index < -0.39 is 0 Å². The van der Waals surface area contributed by atoms with Gasteiger partial charge in [-0.3, -0.25) is 4.99 Å². The second-order valence-corrected chi connectivity index (χ2v) is 3.24. The fourth-order valence-corrected chi connectivity index (χ4v) is 1.51. The molecule has 0 heterocycles. The molecule has 14 heavy (non-hydrogen) atoms. The molecule has 0 aromatic heterocycles. The Hall–Kier alpha value is -1.31. The lowest BCUT2D eigenvalue weighted by Gasteiger charge is -2.08. The normalized spacial score (nSPS) is 11.6. The molecular weight excluding hydrogens is 174 g/mol. The molecule has 0 N–H and O–H groups in total. The van der Waals surface area contributed by atoms with Crippen molar-refractivity contribution < 1.29 is 4.74 Å².